The number of rotatable bonds is 18. The summed E-state index contributed by atoms with van der Waals surface area (Å²) in [6.45, 7) is 10.3. The fourth-order valence-electron chi connectivity index (χ4n) is 5.15. The Hall–Kier alpha value is -3.99. The normalized spacial score (nSPS) is 12.4. The molecule has 0 heterocycles. The van der Waals surface area contributed by atoms with Gasteiger partial charge >= 0.3 is 6.09 Å². The van der Waals surface area contributed by atoms with Crippen molar-refractivity contribution in [3.63, 3.8) is 0 Å². The van der Waals surface area contributed by atoms with E-state index in [9.17, 15) is 19.5 Å². The van der Waals surface area contributed by atoms with Gasteiger partial charge in [-0.2, -0.15) is 0 Å². The number of carbonyl (C=O) groups excluding carboxylic acids is 3. The lowest BCUT2D eigenvalue weighted by Crippen LogP contribution is -2.54. The molecule has 45 heavy (non-hydrogen) atoms. The topological polar surface area (TPSA) is 108 Å². The number of nitrogens with one attached hydrogen (secondary N) is 2. The van der Waals surface area contributed by atoms with Crippen LogP contribution in [0, 0.1) is 12.3 Å². The molecule has 8 nitrogen and oxygen atoms in total. The van der Waals surface area contributed by atoms with Crippen molar-refractivity contribution in [2.45, 2.75) is 117 Å². The van der Waals surface area contributed by atoms with E-state index < -0.39 is 29.7 Å². The summed E-state index contributed by atoms with van der Waals surface area (Å²) in [5.41, 5.74) is 1.04. The van der Waals surface area contributed by atoms with Crippen molar-refractivity contribution in [1.29, 1.82) is 0 Å². The van der Waals surface area contributed by atoms with E-state index in [1.807, 2.05) is 12.1 Å². The van der Waals surface area contributed by atoms with Gasteiger partial charge in [0.05, 0.1) is 0 Å². The molecule has 8 heteroatoms. The molecule has 0 aliphatic rings. The molecule has 2 rings (SSSR count). The highest BCUT2D eigenvalue weighted by atomic mass is 16.6. The zero-order valence-corrected chi connectivity index (χ0v) is 27.9. The first-order valence-electron chi connectivity index (χ1n) is 16.4. The van der Waals surface area contributed by atoms with E-state index >= 15 is 0 Å². The van der Waals surface area contributed by atoms with Crippen LogP contribution in [0.5, 0.6) is 5.75 Å². The number of aromatic hydroxyl groups is 1. The highest BCUT2D eigenvalue weighted by Crippen LogP contribution is 2.27. The molecule has 3 amide bonds. The molecule has 2 aromatic rings. The molecule has 0 saturated carbocycles. The second-order valence-electron chi connectivity index (χ2n) is 12.5. The lowest BCUT2D eigenvalue weighted by atomic mass is 9.96. The molecule has 0 radical (unpaired) electrons. The number of hydrogen-bond donors (Lipinski definition) is 3. The molecule has 0 bridgehead atoms. The van der Waals surface area contributed by atoms with Crippen molar-refractivity contribution in [2.75, 3.05) is 13.1 Å². The third-order valence-electron chi connectivity index (χ3n) is 7.45. The van der Waals surface area contributed by atoms with Crippen LogP contribution in [-0.2, 0) is 20.7 Å². The van der Waals surface area contributed by atoms with E-state index in [0.717, 1.165) is 56.9 Å². The number of benzene rings is 2. The minimum absolute atomic E-state index is 0.0946. The van der Waals surface area contributed by atoms with Crippen LogP contribution in [-0.4, -0.2) is 52.6 Å². The molecular formula is C37H53N3O5. The van der Waals surface area contributed by atoms with Gasteiger partial charge < -0.3 is 25.4 Å². The summed E-state index contributed by atoms with van der Waals surface area (Å²) >= 11 is 0. The van der Waals surface area contributed by atoms with Gasteiger partial charge in [0.25, 0.3) is 0 Å². The van der Waals surface area contributed by atoms with Gasteiger partial charge in [-0.05, 0) is 62.9 Å². The molecule has 2 unspecified atom stereocenters. The van der Waals surface area contributed by atoms with E-state index in [1.165, 1.54) is 12.1 Å². The summed E-state index contributed by atoms with van der Waals surface area (Å²) in [6, 6.07) is 11.6. The fourth-order valence-corrected chi connectivity index (χ4v) is 5.15. The highest BCUT2D eigenvalue weighted by molar-refractivity contribution is 5.92. The zero-order valence-electron chi connectivity index (χ0n) is 27.9. The Kier molecular flexibility index (Phi) is 16.0. The minimum atomic E-state index is -1.04. The zero-order chi connectivity index (χ0) is 33.2. The fraction of sp³-hybridized carbons (Fsp3) is 0.541. The van der Waals surface area contributed by atoms with Crippen LogP contribution < -0.4 is 10.6 Å². The average Bonchev–Trinajstić information content (AvgIpc) is 3.00. The molecule has 0 aliphatic carbocycles. The molecule has 0 fully saturated rings. The second kappa shape index (κ2) is 19.4. The largest absolute Gasteiger partial charge is 0.508 e. The van der Waals surface area contributed by atoms with E-state index in [1.54, 1.807) is 49.9 Å². The number of carbonyl (C=O) groups is 3. The lowest BCUT2D eigenvalue weighted by Gasteiger charge is -2.35. The number of terminal acetylenes is 1. The maximum atomic E-state index is 14.7. The Labute approximate surface area is 270 Å². The summed E-state index contributed by atoms with van der Waals surface area (Å²) in [4.78, 5) is 43.3. The molecule has 246 valence electrons. The summed E-state index contributed by atoms with van der Waals surface area (Å²) in [7, 11) is 0. The van der Waals surface area contributed by atoms with E-state index in [2.05, 4.69) is 30.4 Å². The van der Waals surface area contributed by atoms with Crippen LogP contribution in [0.15, 0.2) is 48.5 Å². The summed E-state index contributed by atoms with van der Waals surface area (Å²) in [5.74, 6) is 2.06. The van der Waals surface area contributed by atoms with Gasteiger partial charge in [-0.3, -0.25) is 9.59 Å². The van der Waals surface area contributed by atoms with Gasteiger partial charge in [-0.1, -0.05) is 95.0 Å². The van der Waals surface area contributed by atoms with E-state index in [-0.39, 0.29) is 18.1 Å². The molecule has 2 atom stereocenters. The number of alkyl carbamates (subject to hydrolysis) is 1. The monoisotopic (exact) mass is 619 g/mol. The smallest absolute Gasteiger partial charge is 0.408 e. The first-order chi connectivity index (χ1) is 21.5. The van der Waals surface area contributed by atoms with Gasteiger partial charge in [-0.15, -0.1) is 6.42 Å². The summed E-state index contributed by atoms with van der Waals surface area (Å²) < 4.78 is 5.53. The molecule has 0 saturated heterocycles. The number of nitrogens with zero attached hydrogens (tertiary/aromatic N) is 1. The van der Waals surface area contributed by atoms with Gasteiger partial charge in [0.1, 0.15) is 23.4 Å². The Morgan fingerprint density at radius 1 is 0.911 bits per heavy atom. The minimum Gasteiger partial charge on any atom is -0.508 e. The van der Waals surface area contributed by atoms with Crippen LogP contribution in [0.4, 0.5) is 4.79 Å². The molecule has 0 spiro atoms. The number of phenols is 1. The van der Waals surface area contributed by atoms with Crippen LogP contribution in [0.3, 0.4) is 0 Å². The standard InChI is InChI=1S/C37H53N3O5/c1-7-10-12-13-14-18-26-40(33(34(42)38-25-17-11-8-2)31-20-16-15-19-29(31)9-3)35(43)32(39-36(44)45-37(4,5)6)27-28-21-23-30(41)24-22-28/h3,15-16,19-24,32-33,41H,7-8,10-14,17-18,25-27H2,1-2,4-6H3,(H,38,42)(H,39,44). The Morgan fingerprint density at radius 3 is 2.18 bits per heavy atom. The Balaban J connectivity index is 2.56. The summed E-state index contributed by atoms with van der Waals surface area (Å²) in [6.07, 6.45) is 14.1. The average molecular weight is 620 g/mol. The van der Waals surface area contributed by atoms with Gasteiger partial charge in [0.2, 0.25) is 11.8 Å². The van der Waals surface area contributed by atoms with Crippen molar-refractivity contribution in [3.8, 4) is 18.1 Å². The van der Waals surface area contributed by atoms with Crippen LogP contribution in [0.1, 0.15) is 115 Å². The molecule has 3 N–H and O–H groups in total. The summed E-state index contributed by atoms with van der Waals surface area (Å²) in [5, 5.41) is 15.7. The van der Waals surface area contributed by atoms with E-state index in [4.69, 9.17) is 11.2 Å². The van der Waals surface area contributed by atoms with E-state index in [0.29, 0.717) is 30.6 Å². The number of amides is 3. The number of hydrogen-bond acceptors (Lipinski definition) is 5. The van der Waals surface area contributed by atoms with Crippen LogP contribution >= 0.6 is 0 Å². The van der Waals surface area contributed by atoms with Crippen molar-refractivity contribution >= 4 is 17.9 Å². The van der Waals surface area contributed by atoms with Crippen molar-refractivity contribution < 1.29 is 24.2 Å². The number of phenolic OH excluding ortho intramolecular Hbond substituents is 1. The molecule has 2 aromatic carbocycles. The molecular weight excluding hydrogens is 566 g/mol. The van der Waals surface area contributed by atoms with Gasteiger partial charge in [0.15, 0.2) is 0 Å². The number of ether oxygens (including phenoxy) is 1. The maximum Gasteiger partial charge on any atom is 0.408 e. The SMILES string of the molecule is C#Cc1ccccc1C(C(=O)NCCCCC)N(CCCCCCCC)C(=O)C(Cc1ccc(O)cc1)NC(=O)OC(C)(C)C. The quantitative estimate of drug-likeness (QED) is 0.122. The maximum absolute atomic E-state index is 14.7. The lowest BCUT2D eigenvalue weighted by molar-refractivity contribution is -0.142. The first kappa shape index (κ1) is 37.2. The Morgan fingerprint density at radius 2 is 1.53 bits per heavy atom. The third kappa shape index (κ3) is 13.3. The predicted molar refractivity (Wildman–Crippen MR) is 180 cm³/mol. The van der Waals surface area contributed by atoms with Crippen molar-refractivity contribution in [2.24, 2.45) is 0 Å². The Bertz CT molecular complexity index is 1250. The van der Waals surface area contributed by atoms with Crippen molar-refractivity contribution in [1.82, 2.24) is 15.5 Å². The highest BCUT2D eigenvalue weighted by Gasteiger charge is 2.37. The number of unbranched alkanes of at least 4 members (excludes halogenated alkanes) is 7. The second-order valence-corrected chi connectivity index (χ2v) is 12.5. The van der Waals surface area contributed by atoms with Crippen LogP contribution in [0.25, 0.3) is 0 Å². The van der Waals surface area contributed by atoms with Crippen LogP contribution in [0.2, 0.25) is 0 Å². The first-order valence-corrected chi connectivity index (χ1v) is 16.4. The van der Waals surface area contributed by atoms with Crippen molar-refractivity contribution in [3.05, 3.63) is 65.2 Å². The molecule has 0 aromatic heterocycles. The predicted octanol–water partition coefficient (Wildman–Crippen LogP) is 7.05. The van der Waals surface area contributed by atoms with Gasteiger partial charge in [-0.25, -0.2) is 4.79 Å². The molecule has 0 aliphatic heterocycles. The third-order valence-corrected chi connectivity index (χ3v) is 7.45. The van der Waals surface area contributed by atoms with Gasteiger partial charge in [0, 0.05) is 25.1 Å².